The number of carbonyl (C=O) groups is 3. The van der Waals surface area contributed by atoms with Gasteiger partial charge >= 0.3 is 6.03 Å². The number of fused-ring (bicyclic) bond motifs is 2. The van der Waals surface area contributed by atoms with E-state index < -0.39 is 11.6 Å². The summed E-state index contributed by atoms with van der Waals surface area (Å²) in [5.74, 6) is 0.0355. The van der Waals surface area contributed by atoms with Crippen LogP contribution in [0.1, 0.15) is 84.3 Å². The van der Waals surface area contributed by atoms with Gasteiger partial charge in [-0.1, -0.05) is 45.9 Å². The Hall–Kier alpha value is -2.47. The molecule has 30 heavy (non-hydrogen) atoms. The van der Waals surface area contributed by atoms with Gasteiger partial charge in [-0.15, -0.1) is 11.3 Å². The third-order valence-corrected chi connectivity index (χ3v) is 7.28. The summed E-state index contributed by atoms with van der Waals surface area (Å²) in [4.78, 5) is 41.6. The fourth-order valence-electron chi connectivity index (χ4n) is 4.59. The van der Waals surface area contributed by atoms with Crippen LogP contribution in [-0.4, -0.2) is 29.2 Å². The molecule has 1 N–H and O–H groups in total. The monoisotopic (exact) mass is 424 g/mol. The van der Waals surface area contributed by atoms with Gasteiger partial charge in [-0.3, -0.25) is 14.5 Å². The van der Waals surface area contributed by atoms with Crippen LogP contribution in [0.15, 0.2) is 29.6 Å². The molecule has 0 radical (unpaired) electrons. The summed E-state index contributed by atoms with van der Waals surface area (Å²) in [6, 6.07) is 7.35. The molecular weight excluding hydrogens is 396 g/mol. The summed E-state index contributed by atoms with van der Waals surface area (Å²) >= 11 is 1.62. The molecule has 1 aromatic carbocycles. The predicted molar refractivity (Wildman–Crippen MR) is 118 cm³/mol. The van der Waals surface area contributed by atoms with E-state index in [4.69, 9.17) is 0 Å². The number of thiophene rings is 1. The average Bonchev–Trinajstić information content (AvgIpc) is 3.28. The van der Waals surface area contributed by atoms with Crippen LogP contribution < -0.4 is 5.32 Å². The Morgan fingerprint density at radius 1 is 1.17 bits per heavy atom. The van der Waals surface area contributed by atoms with Crippen LogP contribution in [0.4, 0.5) is 4.79 Å². The summed E-state index contributed by atoms with van der Waals surface area (Å²) < 4.78 is 0. The third-order valence-electron chi connectivity index (χ3n) is 6.30. The minimum Gasteiger partial charge on any atom is -0.319 e. The van der Waals surface area contributed by atoms with Crippen molar-refractivity contribution < 1.29 is 14.4 Å². The first kappa shape index (κ1) is 20.8. The summed E-state index contributed by atoms with van der Waals surface area (Å²) in [5, 5.41) is 4.89. The van der Waals surface area contributed by atoms with Crippen LogP contribution in [0.5, 0.6) is 0 Å². The van der Waals surface area contributed by atoms with Crippen molar-refractivity contribution in [3.63, 3.8) is 0 Å². The second-order valence-electron chi connectivity index (χ2n) is 8.92. The maximum absolute atomic E-state index is 13.4. The second kappa shape index (κ2) is 7.65. The number of benzene rings is 1. The number of amides is 3. The smallest absolute Gasteiger partial charge is 0.319 e. The largest absolute Gasteiger partial charge is 0.325 e. The van der Waals surface area contributed by atoms with Crippen molar-refractivity contribution in [2.75, 3.05) is 6.54 Å². The summed E-state index contributed by atoms with van der Waals surface area (Å²) in [7, 11) is 0. The number of carbonyl (C=O) groups excluding carboxylic acids is 3. The molecule has 4 rings (SSSR count). The van der Waals surface area contributed by atoms with E-state index in [-0.39, 0.29) is 24.2 Å². The molecule has 0 bridgehead atoms. The lowest BCUT2D eigenvalue weighted by Gasteiger charge is -2.31. The first-order valence-electron chi connectivity index (χ1n) is 10.6. The molecule has 1 fully saturated rings. The van der Waals surface area contributed by atoms with Crippen molar-refractivity contribution in [3.8, 4) is 0 Å². The number of nitrogens with zero attached hydrogens (tertiary/aromatic N) is 1. The van der Waals surface area contributed by atoms with Crippen LogP contribution >= 0.6 is 11.3 Å². The minimum absolute atomic E-state index is 0.170. The zero-order chi connectivity index (χ0) is 21.6. The lowest BCUT2D eigenvalue weighted by Crippen LogP contribution is -2.46. The highest BCUT2D eigenvalue weighted by atomic mass is 32.1. The normalized spacial score (nSPS) is 20.9. The second-order valence-corrected chi connectivity index (χ2v) is 9.92. The van der Waals surface area contributed by atoms with Crippen LogP contribution in [0.2, 0.25) is 0 Å². The predicted octanol–water partition coefficient (Wildman–Crippen LogP) is 4.96. The van der Waals surface area contributed by atoms with Crippen LogP contribution in [0.25, 0.3) is 0 Å². The van der Waals surface area contributed by atoms with E-state index in [2.05, 4.69) is 39.1 Å². The summed E-state index contributed by atoms with van der Waals surface area (Å²) in [6.07, 6.45) is 2.35. The van der Waals surface area contributed by atoms with Gasteiger partial charge in [-0.25, -0.2) is 4.79 Å². The van der Waals surface area contributed by atoms with Gasteiger partial charge < -0.3 is 5.32 Å². The lowest BCUT2D eigenvalue weighted by atomic mass is 9.80. The molecule has 2 heterocycles. The molecule has 5 nitrogen and oxygen atoms in total. The number of urea groups is 1. The third kappa shape index (κ3) is 3.27. The number of rotatable bonds is 5. The molecule has 158 valence electrons. The van der Waals surface area contributed by atoms with E-state index in [9.17, 15) is 14.4 Å². The SMILES string of the molecule is CC(C)c1ccc(C(=O)CN2C(=O)NC3(CCCc4sccc43)C2=O)c(C(C)C)c1. The van der Waals surface area contributed by atoms with E-state index in [1.807, 2.05) is 23.6 Å². The van der Waals surface area contributed by atoms with Gasteiger partial charge in [0, 0.05) is 16.0 Å². The molecule has 2 aromatic rings. The van der Waals surface area contributed by atoms with Crippen molar-refractivity contribution in [1.29, 1.82) is 0 Å². The van der Waals surface area contributed by atoms with E-state index in [1.165, 1.54) is 5.56 Å². The fourth-order valence-corrected chi connectivity index (χ4v) is 5.59. The molecule has 1 spiro atoms. The maximum atomic E-state index is 13.4. The Morgan fingerprint density at radius 3 is 2.63 bits per heavy atom. The molecule has 1 atom stereocenters. The van der Waals surface area contributed by atoms with Crippen molar-refractivity contribution in [1.82, 2.24) is 10.2 Å². The molecule has 3 amide bonds. The topological polar surface area (TPSA) is 66.5 Å². The number of aryl methyl sites for hydroxylation is 1. The standard InChI is InChI=1S/C24H28N2O3S/c1-14(2)16-7-8-17(18(12-16)15(3)4)20(27)13-26-22(28)24(25-23(26)29)10-5-6-21-19(24)9-11-30-21/h7-9,11-12,14-15H,5-6,10,13H2,1-4H3,(H,25,29). The quantitative estimate of drug-likeness (QED) is 0.545. The van der Waals surface area contributed by atoms with Gasteiger partial charge in [0.15, 0.2) is 5.78 Å². The Balaban J connectivity index is 1.62. The highest BCUT2D eigenvalue weighted by Crippen LogP contribution is 2.42. The van der Waals surface area contributed by atoms with E-state index >= 15 is 0 Å². The number of Topliss-reactive ketones (excluding diaryl/α,β-unsaturated/α-hetero) is 1. The Kier molecular flexibility index (Phi) is 5.30. The number of nitrogens with one attached hydrogen (secondary N) is 1. The first-order chi connectivity index (χ1) is 14.2. The van der Waals surface area contributed by atoms with Gasteiger partial charge in [0.25, 0.3) is 5.91 Å². The van der Waals surface area contributed by atoms with Gasteiger partial charge in [0.2, 0.25) is 0 Å². The molecule has 1 aliphatic carbocycles. The lowest BCUT2D eigenvalue weighted by molar-refractivity contribution is -0.131. The zero-order valence-corrected chi connectivity index (χ0v) is 18.8. The van der Waals surface area contributed by atoms with Crippen LogP contribution in [0, 0.1) is 0 Å². The van der Waals surface area contributed by atoms with E-state index in [0.717, 1.165) is 33.7 Å². The van der Waals surface area contributed by atoms with Crippen molar-refractivity contribution in [2.45, 2.75) is 64.3 Å². The van der Waals surface area contributed by atoms with Crippen LogP contribution in [0.3, 0.4) is 0 Å². The van der Waals surface area contributed by atoms with Gasteiger partial charge in [-0.05, 0) is 53.7 Å². The van der Waals surface area contributed by atoms with Gasteiger partial charge in [-0.2, -0.15) is 0 Å². The van der Waals surface area contributed by atoms with Gasteiger partial charge in [0.1, 0.15) is 5.54 Å². The van der Waals surface area contributed by atoms with E-state index in [0.29, 0.717) is 17.9 Å². The van der Waals surface area contributed by atoms with Gasteiger partial charge in [0.05, 0.1) is 6.54 Å². The Bertz CT molecular complexity index is 1020. The van der Waals surface area contributed by atoms with Crippen LogP contribution in [-0.2, 0) is 16.8 Å². The van der Waals surface area contributed by atoms with Crippen molar-refractivity contribution in [2.24, 2.45) is 0 Å². The van der Waals surface area contributed by atoms with E-state index in [1.54, 1.807) is 11.3 Å². The number of imide groups is 1. The maximum Gasteiger partial charge on any atom is 0.325 e. The minimum atomic E-state index is -1.01. The molecule has 6 heteroatoms. The first-order valence-corrected chi connectivity index (χ1v) is 11.5. The molecule has 0 saturated carbocycles. The molecule has 1 saturated heterocycles. The summed E-state index contributed by atoms with van der Waals surface area (Å²) in [6.45, 7) is 8.12. The number of ketones is 1. The highest BCUT2D eigenvalue weighted by Gasteiger charge is 2.54. The summed E-state index contributed by atoms with van der Waals surface area (Å²) in [5.41, 5.74) is 2.63. The molecule has 1 aliphatic heterocycles. The zero-order valence-electron chi connectivity index (χ0n) is 18.0. The Labute approximate surface area is 181 Å². The fraction of sp³-hybridized carbons (Fsp3) is 0.458. The number of hydrogen-bond acceptors (Lipinski definition) is 4. The molecule has 1 aromatic heterocycles. The molecular formula is C24H28N2O3S. The van der Waals surface area contributed by atoms with Crippen molar-refractivity contribution in [3.05, 3.63) is 56.8 Å². The Morgan fingerprint density at radius 2 is 1.93 bits per heavy atom. The molecule has 2 aliphatic rings. The average molecular weight is 425 g/mol. The highest BCUT2D eigenvalue weighted by molar-refractivity contribution is 7.10. The number of hydrogen-bond donors (Lipinski definition) is 1. The molecule has 1 unspecified atom stereocenters. The van der Waals surface area contributed by atoms with Crippen molar-refractivity contribution >= 4 is 29.1 Å².